The minimum atomic E-state index is -0.612. The maximum Gasteiger partial charge on any atom is 0.331 e. The van der Waals surface area contributed by atoms with Gasteiger partial charge in [0.15, 0.2) is 0 Å². The van der Waals surface area contributed by atoms with Crippen LogP contribution < -0.4 is 11.2 Å². The van der Waals surface area contributed by atoms with Crippen molar-refractivity contribution in [2.24, 2.45) is 0 Å². The summed E-state index contributed by atoms with van der Waals surface area (Å²) in [6, 6.07) is 6.48. The predicted molar refractivity (Wildman–Crippen MR) is 98.1 cm³/mol. The Balaban J connectivity index is 1.74. The van der Waals surface area contributed by atoms with Crippen LogP contribution in [0, 0.1) is 24.1 Å². The summed E-state index contributed by atoms with van der Waals surface area (Å²) in [4.78, 5) is 28.8. The van der Waals surface area contributed by atoms with Crippen molar-refractivity contribution in [1.29, 1.82) is 5.26 Å². The topological polar surface area (TPSA) is 107 Å². The first kappa shape index (κ1) is 19.2. The van der Waals surface area contributed by atoms with Gasteiger partial charge >= 0.3 is 5.69 Å². The highest BCUT2D eigenvalue weighted by Crippen LogP contribution is 2.19. The molecule has 3 rings (SSSR count). The average Bonchev–Trinajstić information content (AvgIpc) is 3.16. The zero-order valence-electron chi connectivity index (χ0n) is 15.5. The van der Waals surface area contributed by atoms with Gasteiger partial charge in [0.05, 0.1) is 0 Å². The lowest BCUT2D eigenvalue weighted by Gasteiger charge is -2.08. The van der Waals surface area contributed by atoms with Crippen LogP contribution in [0.5, 0.6) is 0 Å². The second kappa shape index (κ2) is 8.00. The molecule has 28 heavy (non-hydrogen) atoms. The highest BCUT2D eigenvalue weighted by molar-refractivity contribution is 5.54. The standard InChI is InChI=1S/C19H18FN5O3/c1-3-24-11-14(10-21)18(26)25(19(24)27)8-4-5-16-22-17(23-28-16)13-7-6-12(2)15(20)9-13/h6-7,9,11H,3-5,8H2,1-2H3. The van der Waals surface area contributed by atoms with Gasteiger partial charge < -0.3 is 4.52 Å². The van der Waals surface area contributed by atoms with Crippen LogP contribution in [0.15, 0.2) is 38.5 Å². The Morgan fingerprint density at radius 2 is 2.11 bits per heavy atom. The van der Waals surface area contributed by atoms with E-state index in [-0.39, 0.29) is 23.7 Å². The van der Waals surface area contributed by atoms with Gasteiger partial charge in [0, 0.05) is 31.3 Å². The largest absolute Gasteiger partial charge is 0.339 e. The summed E-state index contributed by atoms with van der Waals surface area (Å²) < 4.78 is 21.2. The van der Waals surface area contributed by atoms with Gasteiger partial charge in [0.1, 0.15) is 17.4 Å². The molecule has 0 radical (unpaired) electrons. The second-order valence-electron chi connectivity index (χ2n) is 6.26. The lowest BCUT2D eigenvalue weighted by atomic mass is 10.1. The molecule has 0 amide bonds. The van der Waals surface area contributed by atoms with E-state index >= 15 is 0 Å². The Morgan fingerprint density at radius 1 is 1.32 bits per heavy atom. The molecule has 2 heterocycles. The number of hydrogen-bond acceptors (Lipinski definition) is 6. The number of aryl methyl sites for hydroxylation is 3. The van der Waals surface area contributed by atoms with Crippen LogP contribution in [0.3, 0.4) is 0 Å². The van der Waals surface area contributed by atoms with Crippen molar-refractivity contribution < 1.29 is 8.91 Å². The summed E-state index contributed by atoms with van der Waals surface area (Å²) in [6.45, 7) is 3.89. The van der Waals surface area contributed by atoms with E-state index in [0.717, 1.165) is 4.57 Å². The summed E-state index contributed by atoms with van der Waals surface area (Å²) in [5.74, 6) is 0.231. The van der Waals surface area contributed by atoms with Crippen LogP contribution in [-0.4, -0.2) is 19.3 Å². The van der Waals surface area contributed by atoms with Crippen LogP contribution in [0.4, 0.5) is 4.39 Å². The predicted octanol–water partition coefficient (Wildman–Crippen LogP) is 2.03. The normalized spacial score (nSPS) is 10.8. The SMILES string of the molecule is CCn1cc(C#N)c(=O)n(CCCc2nc(-c3ccc(C)c(F)c3)no2)c1=O. The molecule has 0 bridgehead atoms. The lowest BCUT2D eigenvalue weighted by Crippen LogP contribution is -2.40. The Hall–Kier alpha value is -3.54. The first-order chi connectivity index (χ1) is 13.4. The number of hydrogen-bond donors (Lipinski definition) is 0. The maximum atomic E-state index is 13.7. The number of nitrogens with zero attached hydrogens (tertiary/aromatic N) is 5. The van der Waals surface area contributed by atoms with Gasteiger partial charge in [-0.3, -0.25) is 13.9 Å². The van der Waals surface area contributed by atoms with Crippen molar-refractivity contribution in [3.8, 4) is 17.5 Å². The van der Waals surface area contributed by atoms with E-state index in [4.69, 9.17) is 9.78 Å². The van der Waals surface area contributed by atoms with Gasteiger partial charge in [0.25, 0.3) is 5.56 Å². The van der Waals surface area contributed by atoms with E-state index < -0.39 is 11.2 Å². The first-order valence-corrected chi connectivity index (χ1v) is 8.78. The van der Waals surface area contributed by atoms with Gasteiger partial charge in [-0.05, 0) is 31.9 Å². The van der Waals surface area contributed by atoms with Gasteiger partial charge in [0.2, 0.25) is 11.7 Å². The molecule has 0 saturated heterocycles. The number of aromatic nitrogens is 4. The van der Waals surface area contributed by atoms with E-state index in [0.29, 0.717) is 36.4 Å². The molecule has 0 atom stereocenters. The Labute approximate surface area is 159 Å². The number of benzene rings is 1. The van der Waals surface area contributed by atoms with E-state index in [2.05, 4.69) is 10.1 Å². The average molecular weight is 383 g/mol. The van der Waals surface area contributed by atoms with Crippen LogP contribution >= 0.6 is 0 Å². The van der Waals surface area contributed by atoms with Crippen LogP contribution in [-0.2, 0) is 19.5 Å². The summed E-state index contributed by atoms with van der Waals surface area (Å²) in [5, 5.41) is 12.9. The third kappa shape index (κ3) is 3.76. The molecule has 144 valence electrons. The maximum absolute atomic E-state index is 13.7. The second-order valence-corrected chi connectivity index (χ2v) is 6.26. The van der Waals surface area contributed by atoms with Gasteiger partial charge in [-0.1, -0.05) is 17.3 Å². The van der Waals surface area contributed by atoms with Crippen LogP contribution in [0.1, 0.15) is 30.4 Å². The number of nitriles is 1. The van der Waals surface area contributed by atoms with Crippen LogP contribution in [0.2, 0.25) is 0 Å². The minimum absolute atomic E-state index is 0.0806. The fourth-order valence-corrected chi connectivity index (χ4v) is 2.75. The molecule has 0 aliphatic rings. The molecule has 1 aromatic carbocycles. The van der Waals surface area contributed by atoms with Crippen molar-refractivity contribution in [1.82, 2.24) is 19.3 Å². The van der Waals surface area contributed by atoms with Crippen molar-refractivity contribution in [2.45, 2.75) is 39.8 Å². The molecular formula is C19H18FN5O3. The van der Waals surface area contributed by atoms with E-state index in [1.165, 1.54) is 16.8 Å². The fourth-order valence-electron chi connectivity index (χ4n) is 2.75. The molecule has 0 saturated carbocycles. The lowest BCUT2D eigenvalue weighted by molar-refractivity contribution is 0.371. The zero-order valence-corrected chi connectivity index (χ0v) is 15.5. The summed E-state index contributed by atoms with van der Waals surface area (Å²) >= 11 is 0. The first-order valence-electron chi connectivity index (χ1n) is 8.78. The molecule has 2 aromatic heterocycles. The molecular weight excluding hydrogens is 365 g/mol. The highest BCUT2D eigenvalue weighted by atomic mass is 19.1. The van der Waals surface area contributed by atoms with Crippen LogP contribution in [0.25, 0.3) is 11.4 Å². The molecule has 8 nitrogen and oxygen atoms in total. The van der Waals surface area contributed by atoms with E-state index in [9.17, 15) is 14.0 Å². The molecule has 0 spiro atoms. The van der Waals surface area contributed by atoms with Gasteiger partial charge in [-0.15, -0.1) is 0 Å². The van der Waals surface area contributed by atoms with Gasteiger partial charge in [-0.2, -0.15) is 10.2 Å². The molecule has 0 aliphatic carbocycles. The molecule has 0 N–H and O–H groups in total. The summed E-state index contributed by atoms with van der Waals surface area (Å²) in [7, 11) is 0. The monoisotopic (exact) mass is 383 g/mol. The third-order valence-corrected chi connectivity index (χ3v) is 4.37. The number of halogens is 1. The third-order valence-electron chi connectivity index (χ3n) is 4.37. The zero-order chi connectivity index (χ0) is 20.3. The van der Waals surface area contributed by atoms with E-state index in [1.807, 2.05) is 6.07 Å². The van der Waals surface area contributed by atoms with Crippen molar-refractivity contribution in [2.75, 3.05) is 0 Å². The van der Waals surface area contributed by atoms with Crippen molar-refractivity contribution >= 4 is 0 Å². The smallest absolute Gasteiger partial charge is 0.331 e. The van der Waals surface area contributed by atoms with E-state index in [1.54, 1.807) is 26.0 Å². The molecule has 0 fully saturated rings. The summed E-state index contributed by atoms with van der Waals surface area (Å²) in [6.07, 6.45) is 1.99. The van der Waals surface area contributed by atoms with Crippen molar-refractivity contribution in [3.63, 3.8) is 0 Å². The Morgan fingerprint density at radius 3 is 2.79 bits per heavy atom. The van der Waals surface area contributed by atoms with Gasteiger partial charge in [-0.25, -0.2) is 9.18 Å². The summed E-state index contributed by atoms with van der Waals surface area (Å²) in [5.41, 5.74) is -0.133. The number of rotatable bonds is 6. The Kier molecular flexibility index (Phi) is 5.49. The van der Waals surface area contributed by atoms with Crippen molar-refractivity contribution in [3.05, 3.63) is 68.1 Å². The highest BCUT2D eigenvalue weighted by Gasteiger charge is 2.13. The molecule has 0 unspecified atom stereocenters. The Bertz CT molecular complexity index is 1170. The minimum Gasteiger partial charge on any atom is -0.339 e. The molecule has 3 aromatic rings. The quantitative estimate of drug-likeness (QED) is 0.645. The molecule has 0 aliphatic heterocycles. The fraction of sp³-hybridized carbons (Fsp3) is 0.316. The molecule has 9 heteroatoms.